The molecule has 0 saturated heterocycles. The van der Waals surface area contributed by atoms with Crippen molar-refractivity contribution in [2.45, 2.75) is 12.2 Å². The van der Waals surface area contributed by atoms with Crippen molar-refractivity contribution in [1.82, 2.24) is 0 Å². The molecule has 0 saturated carbocycles. The predicted octanol–water partition coefficient (Wildman–Crippen LogP) is 1.49. The Morgan fingerprint density at radius 1 is 1.40 bits per heavy atom. The molecule has 0 aliphatic heterocycles. The van der Waals surface area contributed by atoms with Gasteiger partial charge in [0, 0.05) is 5.33 Å². The van der Waals surface area contributed by atoms with Crippen LogP contribution in [-0.2, 0) is 0 Å². The lowest BCUT2D eigenvalue weighted by Gasteiger charge is -2.15. The van der Waals surface area contributed by atoms with Crippen LogP contribution in [-0.4, -0.2) is 21.6 Å². The van der Waals surface area contributed by atoms with Gasteiger partial charge in [-0.05, 0) is 23.8 Å². The van der Waals surface area contributed by atoms with Crippen LogP contribution in [0.25, 0.3) is 0 Å². The van der Waals surface area contributed by atoms with E-state index in [1.807, 2.05) is 0 Å². The lowest BCUT2D eigenvalue weighted by molar-refractivity contribution is 0.0341. The first-order valence-corrected chi connectivity index (χ1v) is 5.33. The highest BCUT2D eigenvalue weighted by atomic mass is 79.9. The van der Waals surface area contributed by atoms with Crippen molar-refractivity contribution in [2.24, 2.45) is 0 Å². The van der Waals surface area contributed by atoms with Gasteiger partial charge in [0.1, 0.15) is 11.9 Å². The highest BCUT2D eigenvalue weighted by Gasteiger charge is 2.18. The van der Waals surface area contributed by atoms with E-state index in [1.54, 1.807) is 6.07 Å². The van der Waals surface area contributed by atoms with Gasteiger partial charge >= 0.3 is 0 Å². The molecule has 0 aliphatic carbocycles. The number of halogens is 2. The molecule has 15 heavy (non-hydrogen) atoms. The van der Waals surface area contributed by atoms with Gasteiger partial charge in [-0.3, -0.25) is 0 Å². The van der Waals surface area contributed by atoms with Gasteiger partial charge in [0.25, 0.3) is 0 Å². The van der Waals surface area contributed by atoms with Crippen LogP contribution >= 0.6 is 15.9 Å². The Hall–Kier alpha value is -0.960. The topological polar surface area (TPSA) is 64.2 Å². The minimum Gasteiger partial charge on any atom is -0.389 e. The van der Waals surface area contributed by atoms with Crippen LogP contribution in [0.2, 0.25) is 0 Å². The molecule has 0 amide bonds. The Kier molecular flexibility index (Phi) is 4.21. The Morgan fingerprint density at radius 2 is 2.07 bits per heavy atom. The first-order valence-electron chi connectivity index (χ1n) is 4.21. The number of nitrogens with zero attached hydrogens (tertiary/aromatic N) is 1. The molecule has 2 unspecified atom stereocenters. The van der Waals surface area contributed by atoms with Crippen LogP contribution in [0.3, 0.4) is 0 Å². The maximum absolute atomic E-state index is 13.0. The smallest absolute Gasteiger partial charge is 0.124 e. The van der Waals surface area contributed by atoms with Crippen molar-refractivity contribution < 1.29 is 14.6 Å². The number of alkyl halides is 1. The van der Waals surface area contributed by atoms with E-state index in [4.69, 9.17) is 5.26 Å². The van der Waals surface area contributed by atoms with Gasteiger partial charge in [0.2, 0.25) is 0 Å². The van der Waals surface area contributed by atoms with Crippen LogP contribution in [0, 0.1) is 17.1 Å². The number of nitriles is 1. The quantitative estimate of drug-likeness (QED) is 0.821. The summed E-state index contributed by atoms with van der Waals surface area (Å²) in [5.74, 6) is -0.607. The number of aliphatic hydroxyl groups excluding tert-OH is 2. The average Bonchev–Trinajstić information content (AvgIpc) is 2.26. The summed E-state index contributed by atoms with van der Waals surface area (Å²) in [7, 11) is 0. The number of aliphatic hydroxyl groups is 2. The maximum Gasteiger partial charge on any atom is 0.124 e. The van der Waals surface area contributed by atoms with Gasteiger partial charge in [-0.1, -0.05) is 15.9 Å². The molecule has 3 nitrogen and oxygen atoms in total. The van der Waals surface area contributed by atoms with Crippen LogP contribution in [0.1, 0.15) is 17.2 Å². The zero-order valence-electron chi connectivity index (χ0n) is 7.69. The second kappa shape index (κ2) is 5.21. The minimum absolute atomic E-state index is 0.117. The second-order valence-electron chi connectivity index (χ2n) is 3.05. The van der Waals surface area contributed by atoms with Crippen LogP contribution in [0.15, 0.2) is 18.2 Å². The molecular weight excluding hydrogens is 265 g/mol. The molecule has 1 rings (SSSR count). The van der Waals surface area contributed by atoms with Gasteiger partial charge in [-0.15, -0.1) is 0 Å². The SMILES string of the molecule is N#Cc1cc(F)cc(C(O)C(O)CBr)c1. The van der Waals surface area contributed by atoms with Gasteiger partial charge in [-0.2, -0.15) is 5.26 Å². The molecule has 0 heterocycles. The summed E-state index contributed by atoms with van der Waals surface area (Å²) in [5.41, 5.74) is 0.310. The summed E-state index contributed by atoms with van der Waals surface area (Å²) >= 11 is 3.00. The normalized spacial score (nSPS) is 14.3. The number of hydrogen-bond donors (Lipinski definition) is 2. The van der Waals surface area contributed by atoms with E-state index in [-0.39, 0.29) is 16.5 Å². The molecule has 1 aromatic carbocycles. The Morgan fingerprint density at radius 3 is 2.60 bits per heavy atom. The van der Waals surface area contributed by atoms with Crippen LogP contribution in [0.4, 0.5) is 4.39 Å². The van der Waals surface area contributed by atoms with Crippen molar-refractivity contribution in [2.75, 3.05) is 5.33 Å². The Balaban J connectivity index is 3.04. The fourth-order valence-electron chi connectivity index (χ4n) is 1.15. The number of benzene rings is 1. The molecule has 0 bridgehead atoms. The van der Waals surface area contributed by atoms with Crippen molar-refractivity contribution in [1.29, 1.82) is 5.26 Å². The third-order valence-electron chi connectivity index (χ3n) is 1.91. The minimum atomic E-state index is -1.20. The van der Waals surface area contributed by atoms with Gasteiger partial charge in [0.15, 0.2) is 0 Å². The molecular formula is C10H9BrFNO2. The molecule has 0 radical (unpaired) electrons. The van der Waals surface area contributed by atoms with Crippen molar-refractivity contribution in [3.05, 3.63) is 35.1 Å². The fraction of sp³-hybridized carbons (Fsp3) is 0.300. The Labute approximate surface area is 94.9 Å². The molecule has 0 aromatic heterocycles. The van der Waals surface area contributed by atoms with E-state index in [2.05, 4.69) is 15.9 Å². The summed E-state index contributed by atoms with van der Waals surface area (Å²) in [6.07, 6.45) is -2.23. The molecule has 2 atom stereocenters. The van der Waals surface area contributed by atoms with E-state index in [0.29, 0.717) is 0 Å². The van der Waals surface area contributed by atoms with Gasteiger partial charge in [0.05, 0.1) is 17.7 Å². The highest BCUT2D eigenvalue weighted by molar-refractivity contribution is 9.09. The van der Waals surface area contributed by atoms with E-state index >= 15 is 0 Å². The van der Waals surface area contributed by atoms with Gasteiger partial charge < -0.3 is 10.2 Å². The Bertz CT molecular complexity index is 391. The fourth-order valence-corrected chi connectivity index (χ4v) is 1.51. The molecule has 0 fully saturated rings. The average molecular weight is 274 g/mol. The monoisotopic (exact) mass is 273 g/mol. The summed E-state index contributed by atoms with van der Waals surface area (Å²) < 4.78 is 13.0. The molecule has 1 aromatic rings. The maximum atomic E-state index is 13.0. The molecule has 0 spiro atoms. The molecule has 5 heteroatoms. The van der Waals surface area contributed by atoms with Crippen molar-refractivity contribution in [3.63, 3.8) is 0 Å². The third-order valence-corrected chi connectivity index (χ3v) is 2.58. The number of hydrogen-bond acceptors (Lipinski definition) is 3. The van der Waals surface area contributed by atoms with Gasteiger partial charge in [-0.25, -0.2) is 4.39 Å². The summed E-state index contributed by atoms with van der Waals surface area (Å²) in [4.78, 5) is 0. The van der Waals surface area contributed by atoms with E-state index < -0.39 is 18.0 Å². The zero-order valence-corrected chi connectivity index (χ0v) is 9.28. The molecule has 2 N–H and O–H groups in total. The highest BCUT2D eigenvalue weighted by Crippen LogP contribution is 2.20. The van der Waals surface area contributed by atoms with Crippen molar-refractivity contribution in [3.8, 4) is 6.07 Å². The number of rotatable bonds is 3. The first kappa shape index (κ1) is 12.1. The standard InChI is InChI=1S/C10H9BrFNO2/c11-4-9(14)10(15)7-1-6(5-13)2-8(12)3-7/h1-3,9-10,14-15H,4H2. The molecule has 80 valence electrons. The largest absolute Gasteiger partial charge is 0.389 e. The predicted molar refractivity (Wildman–Crippen MR) is 55.9 cm³/mol. The lowest BCUT2D eigenvalue weighted by atomic mass is 10.0. The summed E-state index contributed by atoms with van der Waals surface area (Å²) in [6.45, 7) is 0. The van der Waals surface area contributed by atoms with E-state index in [9.17, 15) is 14.6 Å². The second-order valence-corrected chi connectivity index (χ2v) is 3.70. The third kappa shape index (κ3) is 2.99. The van der Waals surface area contributed by atoms with Crippen LogP contribution in [0.5, 0.6) is 0 Å². The summed E-state index contributed by atoms with van der Waals surface area (Å²) in [6, 6.07) is 5.28. The summed E-state index contributed by atoms with van der Waals surface area (Å²) in [5, 5.41) is 27.7. The van der Waals surface area contributed by atoms with E-state index in [0.717, 1.165) is 12.1 Å². The molecule has 0 aliphatic rings. The van der Waals surface area contributed by atoms with Crippen molar-refractivity contribution >= 4 is 15.9 Å². The first-order chi connectivity index (χ1) is 7.08. The van der Waals surface area contributed by atoms with E-state index in [1.165, 1.54) is 6.07 Å². The zero-order chi connectivity index (χ0) is 11.4. The lowest BCUT2D eigenvalue weighted by Crippen LogP contribution is -2.19. The van der Waals surface area contributed by atoms with Crippen LogP contribution < -0.4 is 0 Å².